The Morgan fingerprint density at radius 2 is 2.19 bits per heavy atom. The first kappa shape index (κ1) is 12.4. The molecule has 0 amide bonds. The number of nitriles is 1. The molecule has 0 bridgehead atoms. The predicted molar refractivity (Wildman–Crippen MR) is 68.3 cm³/mol. The molecular weight excluding hydrogens is 198 g/mol. The molecule has 0 saturated carbocycles. The Kier molecular flexibility index (Phi) is 4.19. The Morgan fingerprint density at radius 3 is 2.69 bits per heavy atom. The van der Waals surface area contributed by atoms with Crippen LogP contribution >= 0.6 is 0 Å². The maximum Gasteiger partial charge on any atom is 0.0671 e. The van der Waals surface area contributed by atoms with Crippen molar-refractivity contribution in [3.05, 3.63) is 23.8 Å². The number of anilines is 2. The average Bonchev–Trinajstić information content (AvgIpc) is 2.26. The summed E-state index contributed by atoms with van der Waals surface area (Å²) in [5, 5.41) is 8.83. The van der Waals surface area contributed by atoms with Crippen molar-refractivity contribution in [3.63, 3.8) is 0 Å². The number of rotatable bonds is 4. The highest BCUT2D eigenvalue weighted by atomic mass is 15.1. The maximum absolute atomic E-state index is 8.83. The van der Waals surface area contributed by atoms with E-state index >= 15 is 0 Å². The van der Waals surface area contributed by atoms with Gasteiger partial charge in [0, 0.05) is 13.1 Å². The Bertz CT molecular complexity index is 393. The van der Waals surface area contributed by atoms with Crippen LogP contribution in [0.5, 0.6) is 0 Å². The van der Waals surface area contributed by atoms with Crippen molar-refractivity contribution < 1.29 is 0 Å². The predicted octanol–water partition coefficient (Wildman–Crippen LogP) is 2.56. The second-order valence-electron chi connectivity index (χ2n) is 4.13. The fraction of sp³-hybridized carbons (Fsp3) is 0.462. The summed E-state index contributed by atoms with van der Waals surface area (Å²) in [6.45, 7) is 7.60. The minimum absolute atomic E-state index is 0.0145. The largest absolute Gasteiger partial charge is 0.397 e. The summed E-state index contributed by atoms with van der Waals surface area (Å²) in [4.78, 5) is 2.14. The smallest absolute Gasteiger partial charge is 0.0671 e. The number of hydrogen-bond acceptors (Lipinski definition) is 3. The van der Waals surface area contributed by atoms with Gasteiger partial charge in [-0.25, -0.2) is 0 Å². The molecule has 0 radical (unpaired) electrons. The molecule has 3 nitrogen and oxygen atoms in total. The zero-order valence-corrected chi connectivity index (χ0v) is 10.2. The molecule has 0 spiro atoms. The normalized spacial score (nSPS) is 11.9. The van der Waals surface area contributed by atoms with Gasteiger partial charge in [-0.15, -0.1) is 0 Å². The molecule has 3 heteroatoms. The molecule has 0 heterocycles. The molecule has 0 aliphatic rings. The third-order valence-corrected chi connectivity index (χ3v) is 2.62. The molecule has 1 aromatic carbocycles. The fourth-order valence-corrected chi connectivity index (χ4v) is 1.73. The summed E-state index contributed by atoms with van der Waals surface area (Å²) in [7, 11) is 0. The molecule has 1 aromatic rings. The van der Waals surface area contributed by atoms with Crippen LogP contribution < -0.4 is 10.6 Å². The monoisotopic (exact) mass is 217 g/mol. The summed E-state index contributed by atoms with van der Waals surface area (Å²) >= 11 is 0. The molecule has 0 fully saturated rings. The van der Waals surface area contributed by atoms with E-state index in [2.05, 4.69) is 17.9 Å². The van der Waals surface area contributed by atoms with E-state index < -0.39 is 0 Å². The molecule has 1 unspecified atom stereocenters. The molecular formula is C13H19N3. The van der Waals surface area contributed by atoms with Gasteiger partial charge in [0.05, 0.1) is 23.4 Å². The van der Waals surface area contributed by atoms with Crippen LogP contribution in [0, 0.1) is 24.2 Å². The molecule has 2 N–H and O–H groups in total. The van der Waals surface area contributed by atoms with Gasteiger partial charge in [-0.05, 0) is 38.5 Å². The van der Waals surface area contributed by atoms with Gasteiger partial charge >= 0.3 is 0 Å². The number of hydrogen-bond donors (Lipinski definition) is 1. The summed E-state index contributed by atoms with van der Waals surface area (Å²) in [6, 6.07) is 8.29. The molecule has 0 saturated heterocycles. The first-order chi connectivity index (χ1) is 7.58. The van der Waals surface area contributed by atoms with Crippen LogP contribution in [0.15, 0.2) is 18.2 Å². The highest BCUT2D eigenvalue weighted by molar-refractivity contribution is 5.68. The molecule has 16 heavy (non-hydrogen) atoms. The number of nitrogen functional groups attached to an aromatic ring is 1. The number of nitrogens with zero attached hydrogens (tertiary/aromatic N) is 2. The minimum Gasteiger partial charge on any atom is -0.397 e. The molecule has 1 atom stereocenters. The number of aryl methyl sites for hydroxylation is 1. The summed E-state index contributed by atoms with van der Waals surface area (Å²) in [5.74, 6) is 0.0145. The second kappa shape index (κ2) is 5.41. The summed E-state index contributed by atoms with van der Waals surface area (Å²) < 4.78 is 0. The fourth-order valence-electron chi connectivity index (χ4n) is 1.73. The topological polar surface area (TPSA) is 53.0 Å². The van der Waals surface area contributed by atoms with Gasteiger partial charge in [-0.3, -0.25) is 0 Å². The molecule has 86 valence electrons. The molecule has 0 aliphatic heterocycles. The zero-order chi connectivity index (χ0) is 12.1. The van der Waals surface area contributed by atoms with Crippen LogP contribution in [-0.2, 0) is 0 Å². The SMILES string of the molecule is CCN(CC(C)C#N)c1ccc(C)cc1N. The van der Waals surface area contributed by atoms with E-state index in [0.29, 0.717) is 0 Å². The lowest BCUT2D eigenvalue weighted by atomic mass is 10.1. The molecule has 1 rings (SSSR count). The van der Waals surface area contributed by atoms with E-state index in [1.807, 2.05) is 32.0 Å². The Hall–Kier alpha value is -1.69. The van der Waals surface area contributed by atoms with Crippen LogP contribution in [0.1, 0.15) is 19.4 Å². The van der Waals surface area contributed by atoms with Gasteiger partial charge in [-0.2, -0.15) is 5.26 Å². The third kappa shape index (κ3) is 2.90. The molecule has 0 aliphatic carbocycles. The van der Waals surface area contributed by atoms with Crippen molar-refractivity contribution in [1.29, 1.82) is 5.26 Å². The van der Waals surface area contributed by atoms with E-state index in [4.69, 9.17) is 11.0 Å². The van der Waals surface area contributed by atoms with Gasteiger partial charge in [0.25, 0.3) is 0 Å². The van der Waals surface area contributed by atoms with Crippen LogP contribution in [-0.4, -0.2) is 13.1 Å². The Balaban J connectivity index is 2.91. The summed E-state index contributed by atoms with van der Waals surface area (Å²) in [5.41, 5.74) is 8.96. The van der Waals surface area contributed by atoms with Crippen molar-refractivity contribution in [2.45, 2.75) is 20.8 Å². The first-order valence-corrected chi connectivity index (χ1v) is 5.59. The van der Waals surface area contributed by atoms with Crippen LogP contribution in [0.4, 0.5) is 11.4 Å². The minimum atomic E-state index is 0.0145. The highest BCUT2D eigenvalue weighted by Crippen LogP contribution is 2.24. The summed E-state index contributed by atoms with van der Waals surface area (Å²) in [6.07, 6.45) is 0. The lowest BCUT2D eigenvalue weighted by Gasteiger charge is -2.25. The van der Waals surface area contributed by atoms with E-state index in [-0.39, 0.29) is 5.92 Å². The average molecular weight is 217 g/mol. The number of nitrogens with two attached hydrogens (primary N) is 1. The van der Waals surface area contributed by atoms with Crippen molar-refractivity contribution in [2.75, 3.05) is 23.7 Å². The maximum atomic E-state index is 8.83. The van der Waals surface area contributed by atoms with Crippen LogP contribution in [0.3, 0.4) is 0 Å². The quantitative estimate of drug-likeness (QED) is 0.789. The Labute approximate surface area is 97.5 Å². The van der Waals surface area contributed by atoms with Gasteiger partial charge in [-0.1, -0.05) is 6.07 Å². The van der Waals surface area contributed by atoms with E-state index in [9.17, 15) is 0 Å². The third-order valence-electron chi connectivity index (χ3n) is 2.62. The van der Waals surface area contributed by atoms with E-state index in [0.717, 1.165) is 30.0 Å². The van der Waals surface area contributed by atoms with Crippen molar-refractivity contribution in [3.8, 4) is 6.07 Å². The zero-order valence-electron chi connectivity index (χ0n) is 10.2. The standard InChI is InChI=1S/C13H19N3/c1-4-16(9-11(3)8-14)13-6-5-10(2)7-12(13)15/h5-7,11H,4,9,15H2,1-3H3. The van der Waals surface area contributed by atoms with Crippen LogP contribution in [0.25, 0.3) is 0 Å². The van der Waals surface area contributed by atoms with Crippen molar-refractivity contribution >= 4 is 11.4 Å². The van der Waals surface area contributed by atoms with Crippen molar-refractivity contribution in [2.24, 2.45) is 5.92 Å². The van der Waals surface area contributed by atoms with Gasteiger partial charge in [0.1, 0.15) is 0 Å². The van der Waals surface area contributed by atoms with E-state index in [1.54, 1.807) is 0 Å². The lowest BCUT2D eigenvalue weighted by Crippen LogP contribution is -2.28. The first-order valence-electron chi connectivity index (χ1n) is 5.59. The van der Waals surface area contributed by atoms with Gasteiger partial charge in [0.2, 0.25) is 0 Å². The lowest BCUT2D eigenvalue weighted by molar-refractivity contribution is 0.687. The number of benzene rings is 1. The second-order valence-corrected chi connectivity index (χ2v) is 4.13. The Morgan fingerprint density at radius 1 is 1.50 bits per heavy atom. The molecule has 0 aromatic heterocycles. The van der Waals surface area contributed by atoms with Gasteiger partial charge < -0.3 is 10.6 Å². The van der Waals surface area contributed by atoms with Crippen molar-refractivity contribution in [1.82, 2.24) is 0 Å². The van der Waals surface area contributed by atoms with Gasteiger partial charge in [0.15, 0.2) is 0 Å². The van der Waals surface area contributed by atoms with E-state index in [1.165, 1.54) is 0 Å². The highest BCUT2D eigenvalue weighted by Gasteiger charge is 2.11. The van der Waals surface area contributed by atoms with Crippen LogP contribution in [0.2, 0.25) is 0 Å².